The number of carbonyl (C=O) groups excluding carboxylic acids is 2. The monoisotopic (exact) mass is 655 g/mol. The van der Waals surface area contributed by atoms with E-state index in [9.17, 15) is 18.4 Å². The maximum Gasteiger partial charge on any atom is 0.417 e. The summed E-state index contributed by atoms with van der Waals surface area (Å²) in [6, 6.07) is 27.1. The first kappa shape index (κ1) is 34.1. The number of anilines is 1. The Morgan fingerprint density at radius 2 is 1.62 bits per heavy atom. The van der Waals surface area contributed by atoms with Crippen molar-refractivity contribution < 1.29 is 32.7 Å². The van der Waals surface area contributed by atoms with Crippen molar-refractivity contribution >= 4 is 23.4 Å². The molecule has 4 aromatic rings. The molecular weight excluding hydrogens is 616 g/mol. The molecular formula is C38H39F2N3O5. The van der Waals surface area contributed by atoms with Crippen LogP contribution in [0.5, 0.6) is 5.75 Å². The predicted octanol–water partition coefficient (Wildman–Crippen LogP) is 8.46. The van der Waals surface area contributed by atoms with Crippen molar-refractivity contribution in [1.82, 2.24) is 4.90 Å². The highest BCUT2D eigenvalue weighted by Crippen LogP contribution is 2.37. The Kier molecular flexibility index (Phi) is 11.7. The molecule has 0 radical (unpaired) electrons. The van der Waals surface area contributed by atoms with E-state index in [1.165, 1.54) is 36.3 Å². The molecule has 1 N–H and O–H groups in total. The lowest BCUT2D eigenvalue weighted by Crippen LogP contribution is -2.42. The van der Waals surface area contributed by atoms with Gasteiger partial charge in [-0.2, -0.15) is 0 Å². The molecule has 0 spiro atoms. The number of benzene rings is 4. The lowest BCUT2D eigenvalue weighted by Gasteiger charge is -2.32. The van der Waals surface area contributed by atoms with E-state index in [-0.39, 0.29) is 19.4 Å². The van der Waals surface area contributed by atoms with E-state index in [0.29, 0.717) is 29.3 Å². The van der Waals surface area contributed by atoms with Crippen LogP contribution in [0.4, 0.5) is 19.3 Å². The van der Waals surface area contributed by atoms with E-state index >= 15 is 0 Å². The Labute approximate surface area is 279 Å². The summed E-state index contributed by atoms with van der Waals surface area (Å²) < 4.78 is 39.0. The number of amides is 2. The molecule has 1 aliphatic heterocycles. The van der Waals surface area contributed by atoms with E-state index in [2.05, 4.69) is 17.4 Å². The summed E-state index contributed by atoms with van der Waals surface area (Å²) in [5.41, 5.74) is 3.22. The first-order valence-corrected chi connectivity index (χ1v) is 16.0. The van der Waals surface area contributed by atoms with Crippen LogP contribution in [0.15, 0.2) is 108 Å². The van der Waals surface area contributed by atoms with Gasteiger partial charge in [-0.3, -0.25) is 4.79 Å². The minimum Gasteiger partial charge on any atom is -0.494 e. The molecule has 0 aromatic heterocycles. The van der Waals surface area contributed by atoms with Crippen LogP contribution in [-0.2, 0) is 14.4 Å². The van der Waals surface area contributed by atoms with Gasteiger partial charge in [0.2, 0.25) is 5.91 Å². The Balaban J connectivity index is 1.55. The van der Waals surface area contributed by atoms with Crippen molar-refractivity contribution in [2.45, 2.75) is 44.7 Å². The summed E-state index contributed by atoms with van der Waals surface area (Å²) >= 11 is 0. The third-order valence-corrected chi connectivity index (χ3v) is 8.26. The number of nitrogens with one attached hydrogen (secondary N) is 1. The van der Waals surface area contributed by atoms with E-state index in [1.54, 1.807) is 24.3 Å². The molecule has 2 amide bonds. The minimum atomic E-state index is -0.860. The lowest BCUT2D eigenvalue weighted by atomic mass is 9.85. The SMILES string of the molecule is CCCCOc1ccc(C(Nc2ccc(F)cc2)C(CC/C(=N/OC)c2ccc(F)cc2)C(=O)N2C(=O)OC[C@@H]2c2ccccc2)cc1. The van der Waals surface area contributed by atoms with Gasteiger partial charge < -0.3 is 19.6 Å². The van der Waals surface area contributed by atoms with Crippen molar-refractivity contribution in [3.8, 4) is 5.75 Å². The smallest absolute Gasteiger partial charge is 0.417 e. The van der Waals surface area contributed by atoms with Crippen molar-refractivity contribution in [2.75, 3.05) is 25.6 Å². The van der Waals surface area contributed by atoms with Crippen LogP contribution in [0.1, 0.15) is 61.4 Å². The topological polar surface area (TPSA) is 89.5 Å². The van der Waals surface area contributed by atoms with Crippen molar-refractivity contribution in [3.63, 3.8) is 0 Å². The molecule has 4 aromatic carbocycles. The Hall–Kier alpha value is -5.25. The fourth-order valence-electron chi connectivity index (χ4n) is 5.73. The van der Waals surface area contributed by atoms with Gasteiger partial charge >= 0.3 is 6.09 Å². The fourth-order valence-corrected chi connectivity index (χ4v) is 5.73. The van der Waals surface area contributed by atoms with Crippen LogP contribution in [0.3, 0.4) is 0 Å². The highest BCUT2D eigenvalue weighted by molar-refractivity contribution is 6.01. The van der Waals surface area contributed by atoms with Crippen LogP contribution in [0.25, 0.3) is 0 Å². The minimum absolute atomic E-state index is 0.0210. The highest BCUT2D eigenvalue weighted by Gasteiger charge is 2.44. The van der Waals surface area contributed by atoms with Crippen molar-refractivity contribution in [2.24, 2.45) is 11.1 Å². The van der Waals surface area contributed by atoms with Crippen molar-refractivity contribution in [1.29, 1.82) is 0 Å². The Morgan fingerprint density at radius 1 is 0.958 bits per heavy atom. The molecule has 1 heterocycles. The van der Waals surface area contributed by atoms with Gasteiger partial charge in [0, 0.05) is 5.69 Å². The second-order valence-electron chi connectivity index (χ2n) is 11.5. The number of imide groups is 1. The number of carbonyl (C=O) groups is 2. The van der Waals surface area contributed by atoms with Gasteiger partial charge in [0.05, 0.1) is 24.3 Å². The molecule has 0 saturated carbocycles. The molecule has 10 heteroatoms. The van der Waals surface area contributed by atoms with Gasteiger partial charge in [0.1, 0.15) is 37.1 Å². The van der Waals surface area contributed by atoms with Crippen molar-refractivity contribution in [3.05, 3.63) is 131 Å². The summed E-state index contributed by atoms with van der Waals surface area (Å²) in [7, 11) is 1.42. The summed E-state index contributed by atoms with van der Waals surface area (Å²) in [6.45, 7) is 2.69. The molecule has 8 nitrogen and oxygen atoms in total. The normalized spacial score (nSPS) is 15.8. The Bertz CT molecular complexity index is 1670. The van der Waals surface area contributed by atoms with E-state index < -0.39 is 41.6 Å². The zero-order valence-electron chi connectivity index (χ0n) is 27.0. The Morgan fingerprint density at radius 3 is 2.27 bits per heavy atom. The van der Waals surface area contributed by atoms with Crippen LogP contribution in [-0.4, -0.2) is 42.9 Å². The number of ether oxygens (including phenoxy) is 2. The number of oxime groups is 1. The molecule has 0 aliphatic carbocycles. The average molecular weight is 656 g/mol. The summed E-state index contributed by atoms with van der Waals surface area (Å²) in [5, 5.41) is 7.65. The molecule has 1 saturated heterocycles. The number of rotatable bonds is 15. The molecule has 48 heavy (non-hydrogen) atoms. The first-order chi connectivity index (χ1) is 23.4. The van der Waals surface area contributed by atoms with Crippen LogP contribution in [0.2, 0.25) is 0 Å². The second-order valence-corrected chi connectivity index (χ2v) is 11.5. The molecule has 2 unspecified atom stereocenters. The van der Waals surface area contributed by atoms with Gasteiger partial charge in [0.25, 0.3) is 0 Å². The maximum absolute atomic E-state index is 14.8. The maximum atomic E-state index is 14.8. The third kappa shape index (κ3) is 8.56. The van der Waals surface area contributed by atoms with Gasteiger partial charge in [-0.15, -0.1) is 0 Å². The number of unbranched alkanes of at least 4 members (excludes halogenated alkanes) is 1. The molecule has 5 rings (SSSR count). The van der Waals surface area contributed by atoms with Crippen LogP contribution >= 0.6 is 0 Å². The number of hydrogen-bond acceptors (Lipinski definition) is 7. The third-order valence-electron chi connectivity index (χ3n) is 8.26. The summed E-state index contributed by atoms with van der Waals surface area (Å²) in [4.78, 5) is 34.3. The summed E-state index contributed by atoms with van der Waals surface area (Å²) in [6.07, 6.45) is 1.64. The number of halogens is 2. The van der Waals surface area contributed by atoms with Gasteiger partial charge in [-0.05, 0) is 84.5 Å². The fraction of sp³-hybridized carbons (Fsp3) is 0.289. The quantitative estimate of drug-likeness (QED) is 0.0785. The van der Waals surface area contributed by atoms with E-state index in [4.69, 9.17) is 14.3 Å². The first-order valence-electron chi connectivity index (χ1n) is 16.0. The van der Waals surface area contributed by atoms with Gasteiger partial charge in [-0.25, -0.2) is 18.5 Å². The molecule has 0 bridgehead atoms. The standard InChI is InChI=1S/C38H39F2N3O5/c1-3-4-24-47-32-20-12-28(13-21-32)36(41-31-18-16-30(40)17-19-31)33(22-23-34(42-46-2)26-10-14-29(39)15-11-26)37(44)43-35(25-48-38(43)45)27-8-6-5-7-9-27/h5-21,33,35-36,41H,3-4,22-25H2,1-2H3/b42-34-/t33?,35-,36?/m1/s1. The largest absolute Gasteiger partial charge is 0.494 e. The molecule has 1 aliphatic rings. The zero-order valence-corrected chi connectivity index (χ0v) is 27.0. The summed E-state index contributed by atoms with van der Waals surface area (Å²) in [5.74, 6) is -1.42. The van der Waals surface area contributed by atoms with Gasteiger partial charge in [-0.1, -0.05) is 73.1 Å². The molecule has 250 valence electrons. The second kappa shape index (κ2) is 16.5. The van der Waals surface area contributed by atoms with Crippen LogP contribution < -0.4 is 10.1 Å². The number of hydrogen-bond donors (Lipinski definition) is 1. The predicted molar refractivity (Wildman–Crippen MR) is 180 cm³/mol. The molecule has 3 atom stereocenters. The number of cyclic esters (lactones) is 1. The van der Waals surface area contributed by atoms with E-state index in [0.717, 1.165) is 24.0 Å². The van der Waals surface area contributed by atoms with Crippen LogP contribution in [0, 0.1) is 17.6 Å². The van der Waals surface area contributed by atoms with E-state index in [1.807, 2.05) is 54.6 Å². The average Bonchev–Trinajstić information content (AvgIpc) is 3.50. The number of nitrogens with zero attached hydrogens (tertiary/aromatic N) is 2. The molecule has 1 fully saturated rings. The highest BCUT2D eigenvalue weighted by atomic mass is 19.1. The zero-order chi connectivity index (χ0) is 33.9. The van der Waals surface area contributed by atoms with Gasteiger partial charge in [0.15, 0.2) is 0 Å². The lowest BCUT2D eigenvalue weighted by molar-refractivity contribution is -0.134.